The van der Waals surface area contributed by atoms with Gasteiger partial charge in [-0.1, -0.05) is 19.1 Å². The standard InChI is InChI=1S/C28H34N8O4/c1-3-15(2)34-27(39)19-8-18(9-20(29)10-19)22-13-33-26(35-21-6-7-21)28(40)36(22)14-24(38)32-12-17-5-4-16(25(30)31)11-23(17)37/h4-5,8-11,13,15,21,37H,3,6-7,12,14,29H2,1-2H3,(H3,30,31)(H,32,38)(H,33,35)(H,34,39)/t15-/m1/s1. The molecule has 2 aromatic carbocycles. The molecule has 4 rings (SSSR count). The van der Waals surface area contributed by atoms with Gasteiger partial charge < -0.3 is 32.5 Å². The maximum Gasteiger partial charge on any atom is 0.294 e. The quantitative estimate of drug-likeness (QED) is 0.107. The van der Waals surface area contributed by atoms with E-state index in [1.54, 1.807) is 30.3 Å². The highest BCUT2D eigenvalue weighted by Crippen LogP contribution is 2.26. The van der Waals surface area contributed by atoms with Gasteiger partial charge in [-0.05, 0) is 50.5 Å². The number of amidine groups is 1. The summed E-state index contributed by atoms with van der Waals surface area (Å²) in [4.78, 5) is 43.6. The van der Waals surface area contributed by atoms with Crippen LogP contribution in [0.15, 0.2) is 47.4 Å². The van der Waals surface area contributed by atoms with Crippen LogP contribution in [0.2, 0.25) is 0 Å². The molecule has 0 aliphatic heterocycles. The smallest absolute Gasteiger partial charge is 0.294 e. The summed E-state index contributed by atoms with van der Waals surface area (Å²) in [6.07, 6.45) is 4.10. The number of nitrogens with two attached hydrogens (primary N) is 2. The molecular weight excluding hydrogens is 512 g/mol. The third kappa shape index (κ3) is 6.76. The monoisotopic (exact) mass is 546 g/mol. The van der Waals surface area contributed by atoms with Crippen molar-refractivity contribution in [2.24, 2.45) is 5.73 Å². The fraction of sp³-hybridized carbons (Fsp3) is 0.321. The van der Waals surface area contributed by atoms with Crippen LogP contribution in [0.25, 0.3) is 11.3 Å². The fourth-order valence-corrected chi connectivity index (χ4v) is 4.01. The summed E-state index contributed by atoms with van der Waals surface area (Å²) < 4.78 is 1.29. The largest absolute Gasteiger partial charge is 0.508 e. The first-order chi connectivity index (χ1) is 19.0. The maximum absolute atomic E-state index is 13.5. The molecule has 12 heteroatoms. The number of hydrogen-bond acceptors (Lipinski definition) is 8. The number of nitrogen functional groups attached to an aromatic ring is 2. The van der Waals surface area contributed by atoms with Crippen LogP contribution in [0.3, 0.4) is 0 Å². The Kier molecular flexibility index (Phi) is 8.37. The van der Waals surface area contributed by atoms with Crippen LogP contribution in [0.4, 0.5) is 11.5 Å². The van der Waals surface area contributed by atoms with Crippen molar-refractivity contribution in [1.82, 2.24) is 20.2 Å². The number of aromatic hydroxyl groups is 1. The third-order valence-corrected chi connectivity index (χ3v) is 6.65. The van der Waals surface area contributed by atoms with Crippen LogP contribution in [0.5, 0.6) is 5.75 Å². The van der Waals surface area contributed by atoms with Gasteiger partial charge in [0.25, 0.3) is 11.5 Å². The zero-order valence-corrected chi connectivity index (χ0v) is 22.5. The summed E-state index contributed by atoms with van der Waals surface area (Å²) in [6.45, 7) is 3.51. The van der Waals surface area contributed by atoms with E-state index in [9.17, 15) is 19.5 Å². The number of amides is 2. The van der Waals surface area contributed by atoms with Crippen molar-refractivity contribution >= 4 is 29.2 Å². The number of aromatic nitrogens is 2. The Morgan fingerprint density at radius 3 is 2.60 bits per heavy atom. The summed E-state index contributed by atoms with van der Waals surface area (Å²) >= 11 is 0. The Bertz CT molecular complexity index is 1510. The van der Waals surface area contributed by atoms with E-state index in [1.165, 1.54) is 16.8 Å². The number of rotatable bonds is 11. The minimum Gasteiger partial charge on any atom is -0.508 e. The van der Waals surface area contributed by atoms with Crippen molar-refractivity contribution in [1.29, 1.82) is 5.41 Å². The topological polar surface area (TPSA) is 201 Å². The summed E-state index contributed by atoms with van der Waals surface area (Å²) in [6, 6.07) is 9.39. The molecule has 1 atom stereocenters. The number of benzene rings is 2. The molecule has 1 saturated carbocycles. The van der Waals surface area contributed by atoms with Gasteiger partial charge in [0.15, 0.2) is 5.82 Å². The Morgan fingerprint density at radius 1 is 1.20 bits per heavy atom. The molecule has 12 nitrogen and oxygen atoms in total. The molecule has 0 saturated heterocycles. The minimum atomic E-state index is -0.486. The Labute approximate surface area is 231 Å². The molecule has 9 N–H and O–H groups in total. The minimum absolute atomic E-state index is 0.0105. The first-order valence-corrected chi connectivity index (χ1v) is 13.1. The molecule has 2 amide bonds. The highest BCUT2D eigenvalue weighted by Gasteiger charge is 2.24. The number of carbonyl (C=O) groups excluding carboxylic acids is 2. The molecule has 0 radical (unpaired) electrons. The van der Waals surface area contributed by atoms with Gasteiger partial charge in [-0.2, -0.15) is 0 Å². The average Bonchev–Trinajstić information content (AvgIpc) is 3.73. The molecule has 40 heavy (non-hydrogen) atoms. The molecular formula is C28H34N8O4. The SMILES string of the molecule is CC[C@@H](C)NC(=O)c1cc(N)cc(-c2cnc(NC3CC3)c(=O)n2CC(=O)NCc2ccc(C(=N)N)cc2O)c1. The highest BCUT2D eigenvalue weighted by atomic mass is 16.3. The van der Waals surface area contributed by atoms with Crippen LogP contribution in [-0.4, -0.2) is 44.4 Å². The van der Waals surface area contributed by atoms with Crippen molar-refractivity contribution in [2.75, 3.05) is 11.1 Å². The number of anilines is 2. The Morgan fingerprint density at radius 2 is 1.95 bits per heavy atom. The van der Waals surface area contributed by atoms with Gasteiger partial charge in [0.1, 0.15) is 18.1 Å². The van der Waals surface area contributed by atoms with Gasteiger partial charge in [-0.3, -0.25) is 24.4 Å². The van der Waals surface area contributed by atoms with Gasteiger partial charge in [-0.25, -0.2) is 4.98 Å². The first-order valence-electron chi connectivity index (χ1n) is 13.1. The number of carbonyl (C=O) groups is 2. The lowest BCUT2D eigenvalue weighted by atomic mass is 10.1. The Hall–Kier alpha value is -4.87. The first kappa shape index (κ1) is 28.1. The second-order valence-electron chi connectivity index (χ2n) is 9.96. The molecule has 210 valence electrons. The van der Waals surface area contributed by atoms with Crippen molar-refractivity contribution in [3.63, 3.8) is 0 Å². The molecule has 1 heterocycles. The van der Waals surface area contributed by atoms with Crippen LogP contribution in [0.1, 0.15) is 54.6 Å². The average molecular weight is 547 g/mol. The van der Waals surface area contributed by atoms with E-state index in [4.69, 9.17) is 16.9 Å². The molecule has 3 aromatic rings. The van der Waals surface area contributed by atoms with E-state index in [0.29, 0.717) is 33.6 Å². The number of nitrogens with one attached hydrogen (secondary N) is 4. The summed E-state index contributed by atoms with van der Waals surface area (Å²) in [7, 11) is 0. The van der Waals surface area contributed by atoms with Crippen molar-refractivity contribution in [2.45, 2.75) is 58.3 Å². The lowest BCUT2D eigenvalue weighted by Crippen LogP contribution is -2.34. The Balaban J connectivity index is 1.63. The number of hydrogen-bond donors (Lipinski definition) is 7. The lowest BCUT2D eigenvalue weighted by molar-refractivity contribution is -0.121. The van der Waals surface area contributed by atoms with Gasteiger partial charge in [-0.15, -0.1) is 0 Å². The fourth-order valence-electron chi connectivity index (χ4n) is 4.01. The third-order valence-electron chi connectivity index (χ3n) is 6.65. The van der Waals surface area contributed by atoms with Gasteiger partial charge in [0.05, 0.1) is 11.9 Å². The van der Waals surface area contributed by atoms with Crippen LogP contribution >= 0.6 is 0 Å². The predicted molar refractivity (Wildman–Crippen MR) is 153 cm³/mol. The predicted octanol–water partition coefficient (Wildman–Crippen LogP) is 1.90. The maximum atomic E-state index is 13.5. The number of phenolic OH excluding ortho intramolecular Hbond substituents is 1. The molecule has 1 aromatic heterocycles. The normalized spacial score (nSPS) is 13.3. The van der Waals surface area contributed by atoms with Crippen molar-refractivity contribution in [3.05, 3.63) is 69.6 Å². The van der Waals surface area contributed by atoms with Crippen LogP contribution in [-0.2, 0) is 17.9 Å². The van der Waals surface area contributed by atoms with Gasteiger partial charge >= 0.3 is 0 Å². The molecule has 1 aliphatic carbocycles. The highest BCUT2D eigenvalue weighted by molar-refractivity contribution is 5.97. The summed E-state index contributed by atoms with van der Waals surface area (Å²) in [5.41, 5.74) is 13.3. The summed E-state index contributed by atoms with van der Waals surface area (Å²) in [5, 5.41) is 26.5. The van der Waals surface area contributed by atoms with Crippen LogP contribution in [0, 0.1) is 5.41 Å². The second kappa shape index (κ2) is 11.9. The van der Waals surface area contributed by atoms with Gasteiger partial charge in [0, 0.05) is 46.6 Å². The zero-order chi connectivity index (χ0) is 29.0. The number of nitrogens with zero attached hydrogens (tertiary/aromatic N) is 2. The lowest BCUT2D eigenvalue weighted by Gasteiger charge is -2.17. The molecule has 0 bridgehead atoms. The van der Waals surface area contributed by atoms with Crippen molar-refractivity contribution < 1.29 is 14.7 Å². The molecule has 1 fully saturated rings. The molecule has 0 unspecified atom stereocenters. The summed E-state index contributed by atoms with van der Waals surface area (Å²) in [5.74, 6) is -0.956. The van der Waals surface area contributed by atoms with E-state index < -0.39 is 11.5 Å². The van der Waals surface area contributed by atoms with Crippen molar-refractivity contribution in [3.8, 4) is 17.0 Å². The number of phenols is 1. The van der Waals surface area contributed by atoms with E-state index in [1.807, 2.05) is 13.8 Å². The van der Waals surface area contributed by atoms with E-state index in [0.717, 1.165) is 19.3 Å². The zero-order valence-electron chi connectivity index (χ0n) is 22.5. The molecule has 0 spiro atoms. The van der Waals surface area contributed by atoms with Crippen LogP contribution < -0.4 is 33.0 Å². The van der Waals surface area contributed by atoms with Gasteiger partial charge in [0.2, 0.25) is 5.91 Å². The van der Waals surface area contributed by atoms with E-state index in [-0.39, 0.29) is 48.5 Å². The molecule has 1 aliphatic rings. The second-order valence-corrected chi connectivity index (χ2v) is 9.96. The van der Waals surface area contributed by atoms with E-state index in [2.05, 4.69) is 20.9 Å². The van der Waals surface area contributed by atoms with E-state index >= 15 is 0 Å².